The van der Waals surface area contributed by atoms with Gasteiger partial charge in [-0.3, -0.25) is 14.8 Å². The number of rotatable bonds is 4. The molecule has 0 aliphatic heterocycles. The minimum Gasteiger partial charge on any atom is -0.497 e. The number of nitrogens with two attached hydrogens (primary N) is 1. The summed E-state index contributed by atoms with van der Waals surface area (Å²) in [6.07, 6.45) is 1.18. The molecule has 0 spiro atoms. The fourth-order valence-corrected chi connectivity index (χ4v) is 2.37. The van der Waals surface area contributed by atoms with Gasteiger partial charge in [0.05, 0.1) is 18.5 Å². The number of ether oxygens (including phenoxy) is 1. The number of aromatic amines is 1. The number of nitrogens with one attached hydrogen (secondary N) is 1. The van der Waals surface area contributed by atoms with Crippen LogP contribution in [0.3, 0.4) is 0 Å². The summed E-state index contributed by atoms with van der Waals surface area (Å²) in [4.78, 5) is 30.5. The maximum atomic E-state index is 12.1. The van der Waals surface area contributed by atoms with Gasteiger partial charge < -0.3 is 15.6 Å². The molecule has 0 saturated heterocycles. The zero-order valence-corrected chi connectivity index (χ0v) is 13.8. The Kier molecular flexibility index (Phi) is 4.57. The highest BCUT2D eigenvalue weighted by Crippen LogP contribution is 2.20. The molecule has 0 atom stereocenters. The summed E-state index contributed by atoms with van der Waals surface area (Å²) in [5, 5.41) is 10.5. The molecule has 3 aromatic rings. The van der Waals surface area contributed by atoms with E-state index in [9.17, 15) is 14.7 Å². The van der Waals surface area contributed by atoms with Gasteiger partial charge in [0.15, 0.2) is 0 Å². The number of anilines is 1. The van der Waals surface area contributed by atoms with Crippen molar-refractivity contribution in [3.8, 4) is 17.3 Å². The molecule has 2 aromatic carbocycles. The lowest BCUT2D eigenvalue weighted by atomic mass is 10.2. The third-order valence-corrected chi connectivity index (χ3v) is 3.66. The highest BCUT2D eigenvalue weighted by atomic mass is 16.5. The molecule has 0 radical (unpaired) electrons. The standard InChI is InChI=1S/C18H16N4O4/c1-26-14-7-5-13(6-8-14)22-17(24)15(16(23)21-18(22)25)10-20-12-4-2-3-11(19)9-12/h2-10,24H,19H2,1H3,(H,21,23,25). The van der Waals surface area contributed by atoms with Crippen LogP contribution in [0.1, 0.15) is 5.56 Å². The monoisotopic (exact) mass is 352 g/mol. The predicted octanol–water partition coefficient (Wildman–Crippen LogP) is 1.57. The van der Waals surface area contributed by atoms with Crippen LogP contribution in [0, 0.1) is 0 Å². The summed E-state index contributed by atoms with van der Waals surface area (Å²) in [6, 6.07) is 13.1. The molecule has 26 heavy (non-hydrogen) atoms. The average molecular weight is 352 g/mol. The Labute approximate surface area is 147 Å². The quantitative estimate of drug-likeness (QED) is 0.486. The van der Waals surface area contributed by atoms with Gasteiger partial charge in [-0.2, -0.15) is 0 Å². The minimum atomic E-state index is -0.765. The number of aromatic nitrogens is 2. The van der Waals surface area contributed by atoms with Crippen LogP contribution in [0.4, 0.5) is 11.4 Å². The maximum Gasteiger partial charge on any atom is 0.335 e. The zero-order chi connectivity index (χ0) is 18.7. The smallest absolute Gasteiger partial charge is 0.335 e. The maximum absolute atomic E-state index is 12.1. The number of hydrogen-bond donors (Lipinski definition) is 3. The Morgan fingerprint density at radius 3 is 2.58 bits per heavy atom. The third-order valence-electron chi connectivity index (χ3n) is 3.66. The van der Waals surface area contributed by atoms with Crippen LogP contribution in [-0.2, 0) is 0 Å². The molecule has 0 bridgehead atoms. The number of hydrogen-bond acceptors (Lipinski definition) is 6. The lowest BCUT2D eigenvalue weighted by molar-refractivity contribution is 0.414. The van der Waals surface area contributed by atoms with Crippen molar-refractivity contribution in [1.29, 1.82) is 0 Å². The van der Waals surface area contributed by atoms with Crippen LogP contribution in [0.15, 0.2) is 63.1 Å². The molecule has 8 heteroatoms. The zero-order valence-electron chi connectivity index (χ0n) is 13.8. The second-order valence-electron chi connectivity index (χ2n) is 5.38. The van der Waals surface area contributed by atoms with E-state index in [1.165, 1.54) is 13.3 Å². The number of aliphatic imine (C=N–C) groups is 1. The SMILES string of the molecule is COc1ccc(-n2c(O)c(C=Nc3cccc(N)c3)c(=O)[nH]c2=O)cc1. The van der Waals surface area contributed by atoms with Crippen molar-refractivity contribution in [1.82, 2.24) is 9.55 Å². The normalized spacial score (nSPS) is 11.0. The van der Waals surface area contributed by atoms with Gasteiger partial charge in [-0.1, -0.05) is 6.07 Å². The first kappa shape index (κ1) is 17.0. The van der Waals surface area contributed by atoms with E-state index in [2.05, 4.69) is 9.98 Å². The Hall–Kier alpha value is -3.81. The molecule has 0 unspecified atom stereocenters. The fourth-order valence-electron chi connectivity index (χ4n) is 2.37. The summed E-state index contributed by atoms with van der Waals surface area (Å²) in [5.74, 6) is 0.0748. The first-order valence-corrected chi connectivity index (χ1v) is 7.62. The molecule has 0 aliphatic rings. The number of nitrogen functional groups attached to an aromatic ring is 1. The molecule has 1 heterocycles. The Bertz CT molecular complexity index is 1080. The first-order chi connectivity index (χ1) is 12.5. The second kappa shape index (κ2) is 6.98. The van der Waals surface area contributed by atoms with Crippen LogP contribution >= 0.6 is 0 Å². The van der Waals surface area contributed by atoms with Crippen molar-refractivity contribution >= 4 is 17.6 Å². The van der Waals surface area contributed by atoms with E-state index in [0.717, 1.165) is 4.57 Å². The van der Waals surface area contributed by atoms with Gasteiger partial charge in [-0.25, -0.2) is 9.36 Å². The summed E-state index contributed by atoms with van der Waals surface area (Å²) >= 11 is 0. The summed E-state index contributed by atoms with van der Waals surface area (Å²) in [6.45, 7) is 0. The number of methoxy groups -OCH3 is 1. The molecule has 1 aromatic heterocycles. The molecular weight excluding hydrogens is 336 g/mol. The summed E-state index contributed by atoms with van der Waals surface area (Å²) < 4.78 is 6.04. The second-order valence-corrected chi connectivity index (χ2v) is 5.38. The van der Waals surface area contributed by atoms with E-state index in [1.807, 2.05) is 0 Å². The molecular formula is C18H16N4O4. The lowest BCUT2D eigenvalue weighted by Gasteiger charge is -2.10. The number of H-pyrrole nitrogens is 1. The van der Waals surface area contributed by atoms with Crippen LogP contribution < -0.4 is 21.7 Å². The van der Waals surface area contributed by atoms with Crippen molar-refractivity contribution in [2.24, 2.45) is 4.99 Å². The average Bonchev–Trinajstić information content (AvgIpc) is 2.62. The number of benzene rings is 2. The van der Waals surface area contributed by atoms with Gasteiger partial charge in [-0.15, -0.1) is 0 Å². The summed E-state index contributed by atoms with van der Waals surface area (Å²) in [5.41, 5.74) is 5.41. The van der Waals surface area contributed by atoms with Crippen molar-refractivity contribution in [3.05, 3.63) is 74.9 Å². The topological polar surface area (TPSA) is 123 Å². The van der Waals surface area contributed by atoms with E-state index >= 15 is 0 Å². The lowest BCUT2D eigenvalue weighted by Crippen LogP contribution is -2.31. The largest absolute Gasteiger partial charge is 0.497 e. The molecule has 8 nitrogen and oxygen atoms in total. The molecule has 0 saturated carbocycles. The first-order valence-electron chi connectivity index (χ1n) is 7.62. The highest BCUT2D eigenvalue weighted by molar-refractivity contribution is 5.84. The predicted molar refractivity (Wildman–Crippen MR) is 99.0 cm³/mol. The highest BCUT2D eigenvalue weighted by Gasteiger charge is 2.14. The molecule has 0 fully saturated rings. The molecule has 0 aliphatic carbocycles. The van der Waals surface area contributed by atoms with Crippen LogP contribution in [0.25, 0.3) is 5.69 Å². The minimum absolute atomic E-state index is 0.150. The van der Waals surface area contributed by atoms with Crippen LogP contribution in [-0.4, -0.2) is 28.0 Å². The number of aromatic hydroxyl groups is 1. The molecule has 3 rings (SSSR count). The van der Waals surface area contributed by atoms with Crippen molar-refractivity contribution in [2.45, 2.75) is 0 Å². The van der Waals surface area contributed by atoms with E-state index < -0.39 is 17.1 Å². The van der Waals surface area contributed by atoms with Gasteiger partial charge in [0.1, 0.15) is 11.3 Å². The molecule has 132 valence electrons. The van der Waals surface area contributed by atoms with Gasteiger partial charge in [0.25, 0.3) is 5.56 Å². The van der Waals surface area contributed by atoms with E-state index in [4.69, 9.17) is 10.5 Å². The van der Waals surface area contributed by atoms with E-state index in [-0.39, 0.29) is 5.56 Å². The van der Waals surface area contributed by atoms with Crippen LogP contribution in [0.5, 0.6) is 11.6 Å². The van der Waals surface area contributed by atoms with Gasteiger partial charge >= 0.3 is 5.69 Å². The Balaban J connectivity index is 2.09. The van der Waals surface area contributed by atoms with Crippen LogP contribution in [0.2, 0.25) is 0 Å². The Morgan fingerprint density at radius 2 is 1.92 bits per heavy atom. The summed E-state index contributed by atoms with van der Waals surface area (Å²) in [7, 11) is 1.52. The van der Waals surface area contributed by atoms with E-state index in [0.29, 0.717) is 22.8 Å². The Morgan fingerprint density at radius 1 is 1.19 bits per heavy atom. The molecule has 4 N–H and O–H groups in total. The van der Waals surface area contributed by atoms with Crippen molar-refractivity contribution < 1.29 is 9.84 Å². The van der Waals surface area contributed by atoms with Gasteiger partial charge in [0, 0.05) is 11.9 Å². The van der Waals surface area contributed by atoms with Crippen molar-refractivity contribution in [2.75, 3.05) is 12.8 Å². The van der Waals surface area contributed by atoms with Gasteiger partial charge in [0.2, 0.25) is 5.88 Å². The van der Waals surface area contributed by atoms with Crippen molar-refractivity contribution in [3.63, 3.8) is 0 Å². The van der Waals surface area contributed by atoms with E-state index in [1.54, 1.807) is 48.5 Å². The fraction of sp³-hybridized carbons (Fsp3) is 0.0556. The van der Waals surface area contributed by atoms with Gasteiger partial charge in [-0.05, 0) is 42.5 Å². The third kappa shape index (κ3) is 3.34. The molecule has 0 amide bonds. The number of nitrogens with zero attached hydrogens (tertiary/aromatic N) is 2.